The van der Waals surface area contributed by atoms with Crippen LogP contribution in [0.3, 0.4) is 0 Å². The molecule has 1 aromatic heterocycles. The van der Waals surface area contributed by atoms with Crippen LogP contribution in [0.25, 0.3) is 10.9 Å². The smallest absolute Gasteiger partial charge is 0.329 e. The predicted octanol–water partition coefficient (Wildman–Crippen LogP) is 1.88. The van der Waals surface area contributed by atoms with Gasteiger partial charge in [0.2, 0.25) is 0 Å². The van der Waals surface area contributed by atoms with Crippen LogP contribution in [-0.4, -0.2) is 28.6 Å². The number of hydrogen-bond acceptors (Lipinski definition) is 4. The van der Waals surface area contributed by atoms with Gasteiger partial charge in [-0.2, -0.15) is 0 Å². The Balaban J connectivity index is 1.99. The Hall–Kier alpha value is -3.35. The standard InChI is InChI=1S/C20H21N3O4/c1-12(2)21-18(24)14-6-9-16-17(10-14)22-20(26)23(19(16)25)11-13-4-7-15(27-3)8-5-13/h4-10,12H,11H2,1-3H3,(H,21,24)(H,22,26). The van der Waals surface area contributed by atoms with E-state index < -0.39 is 11.2 Å². The minimum atomic E-state index is -0.523. The highest BCUT2D eigenvalue weighted by Crippen LogP contribution is 2.13. The van der Waals surface area contributed by atoms with Gasteiger partial charge in [-0.05, 0) is 49.7 Å². The third-order valence-electron chi connectivity index (χ3n) is 4.16. The fraction of sp³-hybridized carbons (Fsp3) is 0.250. The summed E-state index contributed by atoms with van der Waals surface area (Å²) in [4.78, 5) is 40.0. The molecular weight excluding hydrogens is 346 g/mol. The fourth-order valence-corrected chi connectivity index (χ4v) is 2.80. The average molecular weight is 367 g/mol. The maximum atomic E-state index is 12.8. The van der Waals surface area contributed by atoms with E-state index in [9.17, 15) is 14.4 Å². The van der Waals surface area contributed by atoms with Gasteiger partial charge >= 0.3 is 5.69 Å². The molecule has 3 aromatic rings. The van der Waals surface area contributed by atoms with E-state index in [-0.39, 0.29) is 18.5 Å². The Morgan fingerprint density at radius 3 is 2.48 bits per heavy atom. The molecule has 0 fully saturated rings. The van der Waals surface area contributed by atoms with E-state index in [1.165, 1.54) is 6.07 Å². The summed E-state index contributed by atoms with van der Waals surface area (Å²) in [6, 6.07) is 11.8. The second kappa shape index (κ2) is 7.49. The molecule has 0 atom stereocenters. The Bertz CT molecular complexity index is 1090. The maximum Gasteiger partial charge on any atom is 0.329 e. The van der Waals surface area contributed by atoms with Gasteiger partial charge in [-0.3, -0.25) is 14.2 Å². The molecule has 3 rings (SSSR count). The van der Waals surface area contributed by atoms with Gasteiger partial charge in [-0.15, -0.1) is 0 Å². The van der Waals surface area contributed by atoms with Crippen LogP contribution in [0.5, 0.6) is 5.75 Å². The number of amides is 1. The van der Waals surface area contributed by atoms with Crippen LogP contribution >= 0.6 is 0 Å². The molecule has 0 saturated heterocycles. The minimum absolute atomic E-state index is 0.00950. The van der Waals surface area contributed by atoms with E-state index >= 15 is 0 Å². The summed E-state index contributed by atoms with van der Waals surface area (Å²) in [7, 11) is 1.57. The number of hydrogen-bond donors (Lipinski definition) is 2. The SMILES string of the molecule is COc1ccc(Cn2c(=O)[nH]c3cc(C(=O)NC(C)C)ccc3c2=O)cc1. The van der Waals surface area contributed by atoms with Crippen LogP contribution in [0.4, 0.5) is 0 Å². The molecule has 140 valence electrons. The van der Waals surface area contributed by atoms with Crippen LogP contribution in [0.1, 0.15) is 29.8 Å². The summed E-state index contributed by atoms with van der Waals surface area (Å²) in [5.74, 6) is 0.445. The van der Waals surface area contributed by atoms with Gasteiger partial charge in [0.25, 0.3) is 11.5 Å². The second-order valence-corrected chi connectivity index (χ2v) is 6.56. The number of aromatic amines is 1. The first-order chi connectivity index (χ1) is 12.9. The summed E-state index contributed by atoms with van der Waals surface area (Å²) in [6.07, 6.45) is 0. The predicted molar refractivity (Wildman–Crippen MR) is 104 cm³/mol. The lowest BCUT2D eigenvalue weighted by Gasteiger charge is -2.10. The number of nitrogens with one attached hydrogen (secondary N) is 2. The molecule has 1 heterocycles. The molecule has 0 aliphatic heterocycles. The van der Waals surface area contributed by atoms with E-state index in [0.29, 0.717) is 22.2 Å². The number of carbonyl (C=O) groups excluding carboxylic acids is 1. The molecule has 0 saturated carbocycles. The maximum absolute atomic E-state index is 12.8. The fourth-order valence-electron chi connectivity index (χ4n) is 2.80. The topological polar surface area (TPSA) is 93.2 Å². The van der Waals surface area contributed by atoms with Crippen molar-refractivity contribution in [2.75, 3.05) is 7.11 Å². The molecule has 7 nitrogen and oxygen atoms in total. The Morgan fingerprint density at radius 1 is 1.15 bits per heavy atom. The van der Waals surface area contributed by atoms with Gasteiger partial charge in [-0.1, -0.05) is 12.1 Å². The monoisotopic (exact) mass is 367 g/mol. The van der Waals surface area contributed by atoms with Crippen molar-refractivity contribution in [2.24, 2.45) is 0 Å². The zero-order chi connectivity index (χ0) is 19.6. The van der Waals surface area contributed by atoms with E-state index in [1.54, 1.807) is 43.5 Å². The molecule has 27 heavy (non-hydrogen) atoms. The van der Waals surface area contributed by atoms with E-state index in [0.717, 1.165) is 10.1 Å². The molecule has 2 aromatic carbocycles. The average Bonchev–Trinajstić information content (AvgIpc) is 2.64. The van der Waals surface area contributed by atoms with Crippen molar-refractivity contribution < 1.29 is 9.53 Å². The number of benzene rings is 2. The highest BCUT2D eigenvalue weighted by molar-refractivity contribution is 5.97. The molecule has 0 unspecified atom stereocenters. The number of aromatic nitrogens is 2. The van der Waals surface area contributed by atoms with Crippen molar-refractivity contribution in [2.45, 2.75) is 26.4 Å². The van der Waals surface area contributed by atoms with Crippen molar-refractivity contribution in [1.82, 2.24) is 14.9 Å². The zero-order valence-electron chi connectivity index (χ0n) is 15.4. The first-order valence-electron chi connectivity index (χ1n) is 8.59. The van der Waals surface area contributed by atoms with Gasteiger partial charge in [0.05, 0.1) is 24.6 Å². The number of fused-ring (bicyclic) bond motifs is 1. The zero-order valence-corrected chi connectivity index (χ0v) is 15.4. The van der Waals surface area contributed by atoms with Crippen LogP contribution in [-0.2, 0) is 6.54 Å². The van der Waals surface area contributed by atoms with Gasteiger partial charge in [-0.25, -0.2) is 4.79 Å². The van der Waals surface area contributed by atoms with Gasteiger partial charge in [0.1, 0.15) is 5.75 Å². The third-order valence-corrected chi connectivity index (χ3v) is 4.16. The summed E-state index contributed by atoms with van der Waals surface area (Å²) < 4.78 is 6.25. The summed E-state index contributed by atoms with van der Waals surface area (Å²) in [5.41, 5.74) is 0.604. The lowest BCUT2D eigenvalue weighted by molar-refractivity contribution is 0.0943. The van der Waals surface area contributed by atoms with Crippen molar-refractivity contribution in [3.8, 4) is 5.75 Å². The van der Waals surface area contributed by atoms with Crippen molar-refractivity contribution in [3.63, 3.8) is 0 Å². The molecule has 0 aliphatic carbocycles. The van der Waals surface area contributed by atoms with Crippen LogP contribution in [0.2, 0.25) is 0 Å². The molecule has 2 N–H and O–H groups in total. The Morgan fingerprint density at radius 2 is 1.85 bits per heavy atom. The number of ether oxygens (including phenoxy) is 1. The van der Waals surface area contributed by atoms with Gasteiger partial charge in [0, 0.05) is 11.6 Å². The summed E-state index contributed by atoms with van der Waals surface area (Å²) >= 11 is 0. The molecule has 0 aliphatic rings. The number of carbonyl (C=O) groups is 1. The minimum Gasteiger partial charge on any atom is -0.497 e. The first kappa shape index (κ1) is 18.4. The van der Waals surface area contributed by atoms with E-state index in [1.807, 2.05) is 13.8 Å². The molecule has 1 amide bonds. The highest BCUT2D eigenvalue weighted by atomic mass is 16.5. The third kappa shape index (κ3) is 3.92. The number of methoxy groups -OCH3 is 1. The lowest BCUT2D eigenvalue weighted by atomic mass is 10.1. The largest absolute Gasteiger partial charge is 0.497 e. The van der Waals surface area contributed by atoms with Crippen LogP contribution in [0.15, 0.2) is 52.1 Å². The summed E-state index contributed by atoms with van der Waals surface area (Å²) in [6.45, 7) is 3.86. The van der Waals surface area contributed by atoms with Crippen molar-refractivity contribution in [1.29, 1.82) is 0 Å². The molecule has 7 heteroatoms. The van der Waals surface area contributed by atoms with Gasteiger partial charge in [0.15, 0.2) is 0 Å². The van der Waals surface area contributed by atoms with Crippen molar-refractivity contribution in [3.05, 3.63) is 74.4 Å². The second-order valence-electron chi connectivity index (χ2n) is 6.56. The number of H-pyrrole nitrogens is 1. The Labute approximate surface area is 155 Å². The number of rotatable bonds is 5. The van der Waals surface area contributed by atoms with Crippen molar-refractivity contribution >= 4 is 16.8 Å². The molecule has 0 radical (unpaired) electrons. The summed E-state index contributed by atoms with van der Waals surface area (Å²) in [5, 5.41) is 3.13. The lowest BCUT2D eigenvalue weighted by Crippen LogP contribution is -2.35. The van der Waals surface area contributed by atoms with E-state index in [4.69, 9.17) is 4.74 Å². The molecule has 0 bridgehead atoms. The van der Waals surface area contributed by atoms with E-state index in [2.05, 4.69) is 10.3 Å². The number of nitrogens with zero attached hydrogens (tertiary/aromatic N) is 1. The quantitative estimate of drug-likeness (QED) is 0.720. The van der Waals surface area contributed by atoms with Gasteiger partial charge < -0.3 is 15.0 Å². The normalized spacial score (nSPS) is 11.0. The Kier molecular flexibility index (Phi) is 5.12. The molecular formula is C20H21N3O4. The molecule has 0 spiro atoms. The first-order valence-corrected chi connectivity index (χ1v) is 8.59. The van der Waals surface area contributed by atoms with Crippen LogP contribution < -0.4 is 21.3 Å². The van der Waals surface area contributed by atoms with Crippen LogP contribution in [0, 0.1) is 0 Å². The highest BCUT2D eigenvalue weighted by Gasteiger charge is 2.12.